The van der Waals surface area contributed by atoms with Crippen LogP contribution in [0.5, 0.6) is 0 Å². The van der Waals surface area contributed by atoms with Crippen molar-refractivity contribution < 1.29 is 9.90 Å². The highest BCUT2D eigenvalue weighted by atomic mass is 16.3. The summed E-state index contributed by atoms with van der Waals surface area (Å²) < 4.78 is 1.61. The van der Waals surface area contributed by atoms with Gasteiger partial charge < -0.3 is 10.0 Å². The number of nitrogens with zero attached hydrogens (tertiary/aromatic N) is 3. The molecule has 6 heteroatoms. The van der Waals surface area contributed by atoms with Gasteiger partial charge in [-0.25, -0.2) is 4.79 Å². The lowest BCUT2D eigenvalue weighted by atomic mass is 10.1. The standard InChI is InChI=1S/C12H20N4O2/c1-15(8-9-4-3-5-10(9)17)12(18)14-11-6-7-13-16(11)2/h6-7,9-10,17H,3-5,8H2,1-2H3,(H,14,18). The number of hydrogen-bond acceptors (Lipinski definition) is 3. The number of aliphatic hydroxyl groups is 1. The van der Waals surface area contributed by atoms with Crippen molar-refractivity contribution in [1.29, 1.82) is 0 Å². The Morgan fingerprint density at radius 1 is 1.67 bits per heavy atom. The fourth-order valence-corrected chi connectivity index (χ4v) is 2.37. The van der Waals surface area contributed by atoms with Gasteiger partial charge in [-0.1, -0.05) is 6.42 Å². The Labute approximate surface area is 107 Å². The largest absolute Gasteiger partial charge is 0.393 e. The third-order valence-corrected chi connectivity index (χ3v) is 3.53. The van der Waals surface area contributed by atoms with E-state index in [1.54, 1.807) is 35.9 Å². The van der Waals surface area contributed by atoms with E-state index in [9.17, 15) is 9.90 Å². The van der Waals surface area contributed by atoms with E-state index in [0.29, 0.717) is 12.4 Å². The summed E-state index contributed by atoms with van der Waals surface area (Å²) in [5.74, 6) is 0.867. The van der Waals surface area contributed by atoms with E-state index in [0.717, 1.165) is 19.3 Å². The molecule has 2 unspecified atom stereocenters. The van der Waals surface area contributed by atoms with Gasteiger partial charge in [0.2, 0.25) is 0 Å². The van der Waals surface area contributed by atoms with Crippen LogP contribution in [0.3, 0.4) is 0 Å². The third-order valence-electron chi connectivity index (χ3n) is 3.53. The number of aryl methyl sites for hydroxylation is 1. The molecule has 2 rings (SSSR count). The number of hydrogen-bond donors (Lipinski definition) is 2. The molecule has 1 aliphatic carbocycles. The van der Waals surface area contributed by atoms with Crippen LogP contribution in [0, 0.1) is 5.92 Å². The first-order chi connectivity index (χ1) is 8.58. The molecule has 1 saturated carbocycles. The third kappa shape index (κ3) is 2.81. The van der Waals surface area contributed by atoms with Crippen LogP contribution in [0.15, 0.2) is 12.3 Å². The Balaban J connectivity index is 1.87. The van der Waals surface area contributed by atoms with Crippen LogP contribution in [0.2, 0.25) is 0 Å². The number of nitrogens with one attached hydrogen (secondary N) is 1. The maximum absolute atomic E-state index is 11.9. The maximum atomic E-state index is 11.9. The smallest absolute Gasteiger partial charge is 0.322 e. The monoisotopic (exact) mass is 252 g/mol. The van der Waals surface area contributed by atoms with E-state index in [4.69, 9.17) is 0 Å². The molecular formula is C12H20N4O2. The predicted molar refractivity (Wildman–Crippen MR) is 68.2 cm³/mol. The van der Waals surface area contributed by atoms with Gasteiger partial charge in [-0.15, -0.1) is 0 Å². The predicted octanol–water partition coefficient (Wildman–Crippen LogP) is 1.04. The summed E-state index contributed by atoms with van der Waals surface area (Å²) in [7, 11) is 3.52. The molecule has 6 nitrogen and oxygen atoms in total. The number of urea groups is 1. The van der Waals surface area contributed by atoms with Gasteiger partial charge in [0.1, 0.15) is 5.82 Å². The van der Waals surface area contributed by atoms with Crippen molar-refractivity contribution in [3.8, 4) is 0 Å². The van der Waals surface area contributed by atoms with Gasteiger partial charge in [0.05, 0.1) is 12.3 Å². The van der Waals surface area contributed by atoms with Crippen LogP contribution in [-0.2, 0) is 7.05 Å². The van der Waals surface area contributed by atoms with Gasteiger partial charge >= 0.3 is 6.03 Å². The van der Waals surface area contributed by atoms with Crippen molar-refractivity contribution in [3.63, 3.8) is 0 Å². The molecule has 1 heterocycles. The Morgan fingerprint density at radius 2 is 2.44 bits per heavy atom. The van der Waals surface area contributed by atoms with Crippen molar-refractivity contribution in [1.82, 2.24) is 14.7 Å². The topological polar surface area (TPSA) is 70.4 Å². The Hall–Kier alpha value is -1.56. The number of rotatable bonds is 3. The summed E-state index contributed by atoms with van der Waals surface area (Å²) in [5, 5.41) is 16.5. The summed E-state index contributed by atoms with van der Waals surface area (Å²) >= 11 is 0. The molecular weight excluding hydrogens is 232 g/mol. The average molecular weight is 252 g/mol. The van der Waals surface area contributed by atoms with Gasteiger partial charge in [0.15, 0.2) is 0 Å². The molecule has 1 aliphatic rings. The quantitative estimate of drug-likeness (QED) is 0.844. The summed E-state index contributed by atoms with van der Waals surface area (Å²) in [6, 6.07) is 1.58. The number of anilines is 1. The number of aromatic nitrogens is 2. The molecule has 1 aromatic heterocycles. The van der Waals surface area contributed by atoms with Crippen LogP contribution in [0.1, 0.15) is 19.3 Å². The van der Waals surface area contributed by atoms with Crippen LogP contribution in [0.4, 0.5) is 10.6 Å². The summed E-state index contributed by atoms with van der Waals surface area (Å²) in [6.45, 7) is 0.588. The fourth-order valence-electron chi connectivity index (χ4n) is 2.37. The number of carbonyl (C=O) groups excluding carboxylic acids is 1. The van der Waals surface area contributed by atoms with Crippen molar-refractivity contribution in [2.24, 2.45) is 13.0 Å². The summed E-state index contributed by atoms with van der Waals surface area (Å²) in [6.07, 6.45) is 4.25. The maximum Gasteiger partial charge on any atom is 0.322 e. The van der Waals surface area contributed by atoms with Gasteiger partial charge in [-0.3, -0.25) is 10.00 Å². The molecule has 2 N–H and O–H groups in total. The Morgan fingerprint density at radius 3 is 3.00 bits per heavy atom. The molecule has 1 fully saturated rings. The zero-order valence-corrected chi connectivity index (χ0v) is 10.8. The highest BCUT2D eigenvalue weighted by molar-refractivity contribution is 5.88. The van der Waals surface area contributed by atoms with Gasteiger partial charge in [-0.2, -0.15) is 5.10 Å². The lowest BCUT2D eigenvalue weighted by Crippen LogP contribution is -2.37. The van der Waals surface area contributed by atoms with E-state index >= 15 is 0 Å². The van der Waals surface area contributed by atoms with E-state index in [1.807, 2.05) is 0 Å². The molecule has 0 spiro atoms. The molecule has 0 saturated heterocycles. The van der Waals surface area contributed by atoms with E-state index in [1.165, 1.54) is 0 Å². The minimum atomic E-state index is -0.267. The van der Waals surface area contributed by atoms with E-state index < -0.39 is 0 Å². The van der Waals surface area contributed by atoms with Gasteiger partial charge in [-0.05, 0) is 12.8 Å². The minimum Gasteiger partial charge on any atom is -0.393 e. The van der Waals surface area contributed by atoms with Crippen LogP contribution >= 0.6 is 0 Å². The first-order valence-electron chi connectivity index (χ1n) is 6.26. The van der Waals surface area contributed by atoms with Crippen LogP contribution in [0.25, 0.3) is 0 Å². The molecule has 1 aromatic rings. The molecule has 18 heavy (non-hydrogen) atoms. The van der Waals surface area contributed by atoms with Crippen molar-refractivity contribution in [2.45, 2.75) is 25.4 Å². The highest BCUT2D eigenvalue weighted by Gasteiger charge is 2.27. The summed E-state index contributed by atoms with van der Waals surface area (Å²) in [5.41, 5.74) is 0. The van der Waals surface area contributed by atoms with Crippen molar-refractivity contribution in [3.05, 3.63) is 12.3 Å². The molecule has 2 atom stereocenters. The van der Waals surface area contributed by atoms with Gasteiger partial charge in [0, 0.05) is 32.6 Å². The highest BCUT2D eigenvalue weighted by Crippen LogP contribution is 2.26. The molecule has 0 radical (unpaired) electrons. The molecule has 0 aromatic carbocycles. The summed E-state index contributed by atoms with van der Waals surface area (Å²) in [4.78, 5) is 13.6. The second-order valence-corrected chi connectivity index (χ2v) is 4.91. The van der Waals surface area contributed by atoms with Crippen molar-refractivity contribution in [2.75, 3.05) is 18.9 Å². The molecule has 0 bridgehead atoms. The first kappa shape index (κ1) is 12.9. The number of aliphatic hydroxyl groups excluding tert-OH is 1. The lowest BCUT2D eigenvalue weighted by molar-refractivity contribution is 0.116. The molecule has 2 amide bonds. The second-order valence-electron chi connectivity index (χ2n) is 4.91. The fraction of sp³-hybridized carbons (Fsp3) is 0.667. The Kier molecular flexibility index (Phi) is 3.86. The Bertz CT molecular complexity index is 418. The van der Waals surface area contributed by atoms with Gasteiger partial charge in [0.25, 0.3) is 0 Å². The first-order valence-corrected chi connectivity index (χ1v) is 6.26. The minimum absolute atomic E-state index is 0.169. The zero-order valence-electron chi connectivity index (χ0n) is 10.8. The normalized spacial score (nSPS) is 23.1. The molecule has 100 valence electrons. The zero-order chi connectivity index (χ0) is 13.1. The lowest BCUT2D eigenvalue weighted by Gasteiger charge is -2.23. The SMILES string of the molecule is CN(CC1CCCC1O)C(=O)Nc1ccnn1C. The molecule has 0 aliphatic heterocycles. The number of carbonyl (C=O) groups is 1. The van der Waals surface area contributed by atoms with Crippen LogP contribution < -0.4 is 5.32 Å². The van der Waals surface area contributed by atoms with Crippen LogP contribution in [-0.4, -0.2) is 45.5 Å². The average Bonchev–Trinajstić information content (AvgIpc) is 2.90. The van der Waals surface area contributed by atoms with E-state index in [2.05, 4.69) is 10.4 Å². The second kappa shape index (κ2) is 5.39. The number of amides is 2. The van der Waals surface area contributed by atoms with E-state index in [-0.39, 0.29) is 18.1 Å². The van der Waals surface area contributed by atoms with Crippen molar-refractivity contribution >= 4 is 11.8 Å².